The Kier molecular flexibility index (Phi) is 3.87. The lowest BCUT2D eigenvalue weighted by atomic mass is 9.64. The fourth-order valence-corrected chi connectivity index (χ4v) is 5.32. The van der Waals surface area contributed by atoms with Gasteiger partial charge in [-0.05, 0) is 5.56 Å². The van der Waals surface area contributed by atoms with Crippen LogP contribution in [0.15, 0.2) is 42.9 Å². The molecule has 3 unspecified atom stereocenters. The monoisotopic (exact) mass is 365 g/mol. The number of nitrogens with zero attached hydrogens (tertiary/aromatic N) is 4. The third kappa shape index (κ3) is 2.69. The Bertz CT molecular complexity index is 842. The molecule has 4 aliphatic heterocycles. The quantitative estimate of drug-likeness (QED) is 0.841. The van der Waals surface area contributed by atoms with E-state index in [1.165, 1.54) is 18.1 Å². The summed E-state index contributed by atoms with van der Waals surface area (Å²) >= 11 is 0. The Hall–Kier alpha value is -2.51. The Morgan fingerprint density at radius 2 is 1.85 bits per heavy atom. The van der Waals surface area contributed by atoms with Crippen molar-refractivity contribution in [1.82, 2.24) is 19.8 Å². The first kappa shape index (κ1) is 16.6. The van der Waals surface area contributed by atoms with Gasteiger partial charge in [-0.2, -0.15) is 0 Å². The molecule has 7 nitrogen and oxygen atoms in total. The first-order valence-electron chi connectivity index (χ1n) is 9.46. The van der Waals surface area contributed by atoms with Crippen molar-refractivity contribution >= 4 is 11.8 Å². The average molecular weight is 365 g/mol. The van der Waals surface area contributed by atoms with E-state index in [1.54, 1.807) is 0 Å². The summed E-state index contributed by atoms with van der Waals surface area (Å²) < 4.78 is 0. The largest absolute Gasteiger partial charge is 0.477 e. The molecule has 6 rings (SSSR count). The molecule has 0 amide bonds. The average Bonchev–Trinajstić information content (AvgIpc) is 2.93. The molecule has 4 fully saturated rings. The number of aromatic carboxylic acids is 1. The molecule has 1 aromatic carbocycles. The highest BCUT2D eigenvalue weighted by Gasteiger charge is 2.55. The summed E-state index contributed by atoms with van der Waals surface area (Å²) in [5.41, 5.74) is 1.36. The lowest BCUT2D eigenvalue weighted by Gasteiger charge is -2.56. The number of fused-ring (bicyclic) bond motifs is 1. The highest BCUT2D eigenvalue weighted by atomic mass is 16.4. The Morgan fingerprint density at radius 1 is 1.15 bits per heavy atom. The third-order valence-corrected chi connectivity index (χ3v) is 6.38. The summed E-state index contributed by atoms with van der Waals surface area (Å²) in [5.74, 6) is -0.152. The van der Waals surface area contributed by atoms with Crippen LogP contribution < -0.4 is 5.32 Å². The second-order valence-corrected chi connectivity index (χ2v) is 7.96. The molecule has 4 saturated heterocycles. The molecule has 0 aliphatic carbocycles. The van der Waals surface area contributed by atoms with Crippen LogP contribution in [0.3, 0.4) is 0 Å². The lowest BCUT2D eigenvalue weighted by Crippen LogP contribution is -2.68. The Balaban J connectivity index is 1.59. The molecule has 2 aromatic rings. The lowest BCUT2D eigenvalue weighted by molar-refractivity contribution is 0.0436. The molecule has 27 heavy (non-hydrogen) atoms. The van der Waals surface area contributed by atoms with Crippen LogP contribution in [0.4, 0.5) is 5.82 Å². The van der Waals surface area contributed by atoms with E-state index in [0.717, 1.165) is 39.3 Å². The second-order valence-electron chi connectivity index (χ2n) is 7.96. The van der Waals surface area contributed by atoms with E-state index in [2.05, 4.69) is 49.4 Å². The minimum absolute atomic E-state index is 0.0837. The maximum absolute atomic E-state index is 11.6. The maximum atomic E-state index is 11.6. The summed E-state index contributed by atoms with van der Waals surface area (Å²) in [6.07, 6.45) is 2.79. The van der Waals surface area contributed by atoms with Crippen LogP contribution in [0.25, 0.3) is 0 Å². The number of nitrogens with one attached hydrogen (secondary N) is 1. The van der Waals surface area contributed by atoms with Gasteiger partial charge in [0.25, 0.3) is 0 Å². The highest BCUT2D eigenvalue weighted by molar-refractivity contribution is 5.92. The summed E-state index contributed by atoms with van der Waals surface area (Å²) in [4.78, 5) is 24.9. The van der Waals surface area contributed by atoms with Gasteiger partial charge in [0, 0.05) is 62.8 Å². The minimum atomic E-state index is -1.000. The molecule has 3 atom stereocenters. The number of rotatable bonds is 4. The molecule has 7 heteroatoms. The molecular formula is C20H23N5O2. The molecule has 2 N–H and O–H groups in total. The van der Waals surface area contributed by atoms with Crippen LogP contribution in [0.1, 0.15) is 15.9 Å². The van der Waals surface area contributed by atoms with Crippen molar-refractivity contribution < 1.29 is 9.90 Å². The number of hydrogen-bond donors (Lipinski definition) is 2. The SMILES string of the molecule is O=C(O)c1cncnc1NC1C2CN3CCN(C2)CC1(c1ccccc1)C3. The van der Waals surface area contributed by atoms with E-state index in [0.29, 0.717) is 11.7 Å². The van der Waals surface area contributed by atoms with Gasteiger partial charge in [0.1, 0.15) is 17.7 Å². The van der Waals surface area contributed by atoms with Crippen molar-refractivity contribution in [3.8, 4) is 0 Å². The number of piperidine rings is 2. The van der Waals surface area contributed by atoms with Gasteiger partial charge in [-0.25, -0.2) is 14.8 Å². The zero-order valence-corrected chi connectivity index (χ0v) is 15.1. The molecule has 0 radical (unpaired) electrons. The summed E-state index contributed by atoms with van der Waals surface area (Å²) in [6, 6.07) is 10.8. The zero-order valence-electron chi connectivity index (χ0n) is 15.1. The summed E-state index contributed by atoms with van der Waals surface area (Å²) in [5, 5.41) is 13.1. The van der Waals surface area contributed by atoms with Gasteiger partial charge >= 0.3 is 5.97 Å². The van der Waals surface area contributed by atoms with Crippen LogP contribution in [0, 0.1) is 5.92 Å². The normalized spacial score (nSPS) is 34.2. The number of carboxylic acid groups (broad SMARTS) is 1. The molecule has 4 bridgehead atoms. The van der Waals surface area contributed by atoms with Crippen molar-refractivity contribution in [1.29, 1.82) is 0 Å². The highest BCUT2D eigenvalue weighted by Crippen LogP contribution is 2.44. The minimum Gasteiger partial charge on any atom is -0.477 e. The zero-order chi connectivity index (χ0) is 18.4. The van der Waals surface area contributed by atoms with Crippen molar-refractivity contribution in [3.05, 3.63) is 54.0 Å². The van der Waals surface area contributed by atoms with E-state index in [1.807, 2.05) is 6.07 Å². The summed E-state index contributed by atoms with van der Waals surface area (Å²) in [7, 11) is 0. The molecular weight excluding hydrogens is 342 g/mol. The van der Waals surface area contributed by atoms with E-state index in [4.69, 9.17) is 0 Å². The number of carboxylic acids is 1. The van der Waals surface area contributed by atoms with E-state index in [-0.39, 0.29) is 17.0 Å². The number of anilines is 1. The van der Waals surface area contributed by atoms with Gasteiger partial charge in [0.05, 0.1) is 0 Å². The van der Waals surface area contributed by atoms with Crippen molar-refractivity contribution in [3.63, 3.8) is 0 Å². The van der Waals surface area contributed by atoms with Gasteiger partial charge in [-0.1, -0.05) is 30.3 Å². The van der Waals surface area contributed by atoms with Gasteiger partial charge < -0.3 is 20.2 Å². The molecule has 5 heterocycles. The van der Waals surface area contributed by atoms with Gasteiger partial charge in [0.15, 0.2) is 0 Å². The predicted octanol–water partition coefficient (Wildman–Crippen LogP) is 1.15. The van der Waals surface area contributed by atoms with E-state index >= 15 is 0 Å². The first-order chi connectivity index (χ1) is 13.2. The first-order valence-corrected chi connectivity index (χ1v) is 9.46. The van der Waals surface area contributed by atoms with Gasteiger partial charge in [-0.3, -0.25) is 0 Å². The molecule has 4 aliphatic rings. The Labute approximate surface area is 158 Å². The van der Waals surface area contributed by atoms with Gasteiger partial charge in [-0.15, -0.1) is 0 Å². The standard InChI is InChI=1S/C20H23N5O2/c26-19(27)16-8-21-13-22-18(16)23-17-14-9-24-6-7-25(10-14)12-20(17,11-24)15-4-2-1-3-5-15/h1-5,8,13-14,17H,6-7,9-12H2,(H,26,27)(H,21,22,23). The van der Waals surface area contributed by atoms with Crippen molar-refractivity contribution in [2.45, 2.75) is 11.5 Å². The molecule has 0 saturated carbocycles. The predicted molar refractivity (Wildman–Crippen MR) is 101 cm³/mol. The Morgan fingerprint density at radius 3 is 2.52 bits per heavy atom. The van der Waals surface area contributed by atoms with Crippen LogP contribution in [0.5, 0.6) is 0 Å². The van der Waals surface area contributed by atoms with Crippen molar-refractivity contribution in [2.24, 2.45) is 5.92 Å². The number of aromatic nitrogens is 2. The number of carbonyl (C=O) groups is 1. The number of benzene rings is 1. The smallest absolute Gasteiger partial charge is 0.341 e. The van der Waals surface area contributed by atoms with Crippen LogP contribution in [-0.2, 0) is 5.41 Å². The van der Waals surface area contributed by atoms with E-state index in [9.17, 15) is 9.90 Å². The topological polar surface area (TPSA) is 81.6 Å². The van der Waals surface area contributed by atoms with Crippen LogP contribution >= 0.6 is 0 Å². The second kappa shape index (κ2) is 6.28. The maximum Gasteiger partial charge on any atom is 0.341 e. The fourth-order valence-electron chi connectivity index (χ4n) is 5.32. The molecule has 1 aromatic heterocycles. The third-order valence-electron chi connectivity index (χ3n) is 6.38. The molecule has 0 spiro atoms. The van der Waals surface area contributed by atoms with Crippen LogP contribution in [-0.4, -0.2) is 76.2 Å². The fraction of sp³-hybridized carbons (Fsp3) is 0.450. The number of hydrogen-bond acceptors (Lipinski definition) is 6. The summed E-state index contributed by atoms with van der Waals surface area (Å²) in [6.45, 7) is 6.24. The van der Waals surface area contributed by atoms with Crippen molar-refractivity contribution in [2.75, 3.05) is 44.6 Å². The van der Waals surface area contributed by atoms with Crippen LogP contribution in [0.2, 0.25) is 0 Å². The van der Waals surface area contributed by atoms with E-state index < -0.39 is 5.97 Å². The molecule has 140 valence electrons. The van der Waals surface area contributed by atoms with Gasteiger partial charge in [0.2, 0.25) is 0 Å².